The number of benzene rings is 1. The normalized spacial score (nSPS) is 12.5. The molecule has 2 rings (SSSR count). The van der Waals surface area contributed by atoms with Crippen LogP contribution in [0, 0.1) is 6.92 Å². The van der Waals surface area contributed by atoms with Gasteiger partial charge in [-0.25, -0.2) is 0 Å². The zero-order chi connectivity index (χ0) is 15.8. The van der Waals surface area contributed by atoms with Gasteiger partial charge in [0.15, 0.2) is 0 Å². The average Bonchev–Trinajstić information content (AvgIpc) is 2.36. The van der Waals surface area contributed by atoms with Crippen LogP contribution in [0.15, 0.2) is 36.4 Å². The molecule has 0 bridgehead atoms. The van der Waals surface area contributed by atoms with Crippen molar-refractivity contribution in [1.29, 1.82) is 0 Å². The number of rotatable bonds is 1. The number of pyridine rings is 1. The van der Waals surface area contributed by atoms with Gasteiger partial charge in [-0.15, -0.1) is 0 Å². The third kappa shape index (κ3) is 3.34. The molecule has 112 valence electrons. The van der Waals surface area contributed by atoms with Gasteiger partial charge < -0.3 is 0 Å². The molecule has 2 aromatic rings. The van der Waals surface area contributed by atoms with E-state index in [-0.39, 0.29) is 10.8 Å². The van der Waals surface area contributed by atoms with Crippen molar-refractivity contribution in [2.75, 3.05) is 0 Å². The highest BCUT2D eigenvalue weighted by atomic mass is 14.7. The van der Waals surface area contributed by atoms with E-state index >= 15 is 0 Å². The topological polar surface area (TPSA) is 12.9 Å². The van der Waals surface area contributed by atoms with E-state index < -0.39 is 0 Å². The summed E-state index contributed by atoms with van der Waals surface area (Å²) in [6, 6.07) is 13.0. The number of hydrogen-bond acceptors (Lipinski definition) is 1. The summed E-state index contributed by atoms with van der Waals surface area (Å²) in [6.45, 7) is 15.7. The van der Waals surface area contributed by atoms with E-state index in [4.69, 9.17) is 4.98 Å². The van der Waals surface area contributed by atoms with Crippen molar-refractivity contribution in [3.8, 4) is 11.3 Å². The second-order valence-electron chi connectivity index (χ2n) is 7.89. The van der Waals surface area contributed by atoms with Gasteiger partial charge in [-0.1, -0.05) is 65.8 Å². The van der Waals surface area contributed by atoms with Gasteiger partial charge in [0.25, 0.3) is 0 Å². The number of hydrogen-bond donors (Lipinski definition) is 0. The fourth-order valence-corrected chi connectivity index (χ4v) is 2.76. The molecule has 1 heteroatoms. The lowest BCUT2D eigenvalue weighted by atomic mass is 9.75. The van der Waals surface area contributed by atoms with E-state index in [1.165, 1.54) is 16.7 Å². The minimum atomic E-state index is 0.0992. The summed E-state index contributed by atoms with van der Waals surface area (Å²) in [5.41, 5.74) is 6.40. The lowest BCUT2D eigenvalue weighted by molar-refractivity contribution is 0.571. The molecule has 0 amide bonds. The molecule has 0 atom stereocenters. The van der Waals surface area contributed by atoms with Crippen molar-refractivity contribution in [3.63, 3.8) is 0 Å². The lowest BCUT2D eigenvalue weighted by Crippen LogP contribution is -2.19. The van der Waals surface area contributed by atoms with Crippen molar-refractivity contribution < 1.29 is 0 Å². The third-order valence-corrected chi connectivity index (χ3v) is 3.82. The van der Waals surface area contributed by atoms with E-state index in [0.717, 1.165) is 11.4 Å². The van der Waals surface area contributed by atoms with Crippen LogP contribution in [0.1, 0.15) is 58.4 Å². The monoisotopic (exact) mass is 281 g/mol. The molecule has 0 fully saturated rings. The molecule has 0 N–H and O–H groups in total. The second kappa shape index (κ2) is 5.29. The first-order chi connectivity index (χ1) is 9.60. The summed E-state index contributed by atoms with van der Waals surface area (Å²) in [5.74, 6) is 0. The Balaban J connectivity index is 2.83. The van der Waals surface area contributed by atoms with E-state index in [1.807, 2.05) is 0 Å². The molecule has 0 aliphatic heterocycles. The Bertz CT molecular complexity index is 607. The Morgan fingerprint density at radius 2 is 1.19 bits per heavy atom. The average molecular weight is 281 g/mol. The molecule has 0 radical (unpaired) electrons. The van der Waals surface area contributed by atoms with Crippen LogP contribution in [0.3, 0.4) is 0 Å². The first kappa shape index (κ1) is 15.8. The molecule has 0 spiro atoms. The largest absolute Gasteiger partial charge is 0.253 e. The predicted octanol–water partition coefficient (Wildman–Crippen LogP) is 5.65. The van der Waals surface area contributed by atoms with Crippen LogP contribution >= 0.6 is 0 Å². The Hall–Kier alpha value is -1.63. The fraction of sp³-hybridized carbons (Fsp3) is 0.450. The molecule has 0 aliphatic rings. The molecule has 1 heterocycles. The van der Waals surface area contributed by atoms with Crippen molar-refractivity contribution in [1.82, 2.24) is 4.98 Å². The van der Waals surface area contributed by atoms with Crippen molar-refractivity contribution in [3.05, 3.63) is 53.2 Å². The minimum absolute atomic E-state index is 0.0992. The van der Waals surface area contributed by atoms with Gasteiger partial charge >= 0.3 is 0 Å². The van der Waals surface area contributed by atoms with Gasteiger partial charge in [0.2, 0.25) is 0 Å². The van der Waals surface area contributed by atoms with E-state index in [9.17, 15) is 0 Å². The van der Waals surface area contributed by atoms with Gasteiger partial charge in [0.1, 0.15) is 0 Å². The van der Waals surface area contributed by atoms with Crippen LogP contribution in [0.25, 0.3) is 11.3 Å². The summed E-state index contributed by atoms with van der Waals surface area (Å²) in [7, 11) is 0. The smallest absolute Gasteiger partial charge is 0.0711 e. The van der Waals surface area contributed by atoms with Crippen LogP contribution in [-0.2, 0) is 10.8 Å². The summed E-state index contributed by atoms with van der Waals surface area (Å²) in [6.07, 6.45) is 0. The highest BCUT2D eigenvalue weighted by molar-refractivity contribution is 5.71. The zero-order valence-corrected chi connectivity index (χ0v) is 14.4. The zero-order valence-electron chi connectivity index (χ0n) is 14.4. The SMILES string of the molecule is Cc1cccc(-c2c(C(C)(C)C)cccc2C(C)(C)C)n1. The van der Waals surface area contributed by atoms with Crippen molar-refractivity contribution >= 4 is 0 Å². The summed E-state index contributed by atoms with van der Waals surface area (Å²) in [4.78, 5) is 4.79. The van der Waals surface area contributed by atoms with Gasteiger partial charge in [-0.05, 0) is 41.0 Å². The molecule has 0 saturated carbocycles. The molecular formula is C20H27N. The molecule has 0 saturated heterocycles. The van der Waals surface area contributed by atoms with Crippen molar-refractivity contribution in [2.24, 2.45) is 0 Å². The second-order valence-corrected chi connectivity index (χ2v) is 7.89. The van der Waals surface area contributed by atoms with Crippen LogP contribution in [0.5, 0.6) is 0 Å². The van der Waals surface area contributed by atoms with E-state index in [2.05, 4.69) is 84.9 Å². The van der Waals surface area contributed by atoms with Gasteiger partial charge in [-0.2, -0.15) is 0 Å². The van der Waals surface area contributed by atoms with Crippen LogP contribution in [0.4, 0.5) is 0 Å². The molecule has 0 unspecified atom stereocenters. The molecule has 1 aromatic carbocycles. The predicted molar refractivity (Wildman–Crippen MR) is 91.8 cm³/mol. The van der Waals surface area contributed by atoms with E-state index in [1.54, 1.807) is 0 Å². The van der Waals surface area contributed by atoms with E-state index in [0.29, 0.717) is 0 Å². The van der Waals surface area contributed by atoms with Crippen molar-refractivity contribution in [2.45, 2.75) is 59.3 Å². The number of nitrogens with zero attached hydrogens (tertiary/aromatic N) is 1. The fourth-order valence-electron chi connectivity index (χ4n) is 2.76. The first-order valence-electron chi connectivity index (χ1n) is 7.69. The molecule has 1 aromatic heterocycles. The van der Waals surface area contributed by atoms with Gasteiger partial charge in [-0.3, -0.25) is 4.98 Å². The third-order valence-electron chi connectivity index (χ3n) is 3.82. The Kier molecular flexibility index (Phi) is 3.97. The maximum Gasteiger partial charge on any atom is 0.0711 e. The standard InChI is InChI=1S/C20H27N/c1-14-10-8-13-17(21-14)18-15(19(2,3)4)11-9-12-16(18)20(5,6)7/h8-13H,1-7H3. The van der Waals surface area contributed by atoms with Crippen LogP contribution in [0.2, 0.25) is 0 Å². The van der Waals surface area contributed by atoms with Gasteiger partial charge in [0.05, 0.1) is 5.69 Å². The minimum Gasteiger partial charge on any atom is -0.253 e. The van der Waals surface area contributed by atoms with Crippen LogP contribution < -0.4 is 0 Å². The van der Waals surface area contributed by atoms with Crippen LogP contribution in [-0.4, -0.2) is 4.98 Å². The Labute approximate surface area is 129 Å². The molecule has 21 heavy (non-hydrogen) atoms. The summed E-state index contributed by atoms with van der Waals surface area (Å²) < 4.78 is 0. The quantitative estimate of drug-likeness (QED) is 0.658. The molecular weight excluding hydrogens is 254 g/mol. The highest BCUT2D eigenvalue weighted by Crippen LogP contribution is 2.39. The Morgan fingerprint density at radius 3 is 1.62 bits per heavy atom. The summed E-state index contributed by atoms with van der Waals surface area (Å²) in [5, 5.41) is 0. The first-order valence-corrected chi connectivity index (χ1v) is 7.69. The number of aryl methyl sites for hydroxylation is 1. The van der Waals surface area contributed by atoms with Gasteiger partial charge in [0, 0.05) is 11.3 Å². The molecule has 0 aliphatic carbocycles. The summed E-state index contributed by atoms with van der Waals surface area (Å²) >= 11 is 0. The maximum absolute atomic E-state index is 4.79. The molecule has 1 nitrogen and oxygen atoms in total. The lowest BCUT2D eigenvalue weighted by Gasteiger charge is -2.29. The number of aromatic nitrogens is 1. The maximum atomic E-state index is 4.79. The Morgan fingerprint density at radius 1 is 0.714 bits per heavy atom. The highest BCUT2D eigenvalue weighted by Gasteiger charge is 2.26.